The Labute approximate surface area is 124 Å². The van der Waals surface area contributed by atoms with Crippen LogP contribution in [0, 0.1) is 0 Å². The number of phenolic OH excluding ortho intramolecular Hbond substituents is 1. The Morgan fingerprint density at radius 2 is 1.52 bits per heavy atom. The summed E-state index contributed by atoms with van der Waals surface area (Å²) in [5.41, 5.74) is 1.59. The van der Waals surface area contributed by atoms with Gasteiger partial charge < -0.3 is 19.3 Å². The number of phenols is 1. The molecular formula is C17H18O4. The molecule has 0 spiro atoms. The van der Waals surface area contributed by atoms with Crippen molar-refractivity contribution in [2.24, 2.45) is 0 Å². The minimum absolute atomic E-state index is 0.117. The van der Waals surface area contributed by atoms with E-state index in [4.69, 9.17) is 14.2 Å². The van der Waals surface area contributed by atoms with Gasteiger partial charge in [0.25, 0.3) is 0 Å². The second-order valence-electron chi connectivity index (χ2n) is 4.38. The molecule has 0 atom stereocenters. The first-order valence-electron chi connectivity index (χ1n) is 6.45. The molecule has 0 aliphatic heterocycles. The van der Waals surface area contributed by atoms with Crippen LogP contribution in [0.5, 0.6) is 23.0 Å². The van der Waals surface area contributed by atoms with Gasteiger partial charge in [-0.1, -0.05) is 24.3 Å². The maximum absolute atomic E-state index is 10.0. The van der Waals surface area contributed by atoms with E-state index in [0.717, 1.165) is 5.56 Å². The third kappa shape index (κ3) is 3.48. The second-order valence-corrected chi connectivity index (χ2v) is 4.38. The van der Waals surface area contributed by atoms with E-state index in [1.165, 1.54) is 7.11 Å². The van der Waals surface area contributed by atoms with E-state index in [2.05, 4.69) is 0 Å². The van der Waals surface area contributed by atoms with E-state index >= 15 is 0 Å². The lowest BCUT2D eigenvalue weighted by molar-refractivity contribution is 0.373. The molecule has 2 aromatic carbocycles. The average molecular weight is 286 g/mol. The zero-order valence-electron chi connectivity index (χ0n) is 12.3. The van der Waals surface area contributed by atoms with Crippen LogP contribution in [-0.4, -0.2) is 26.4 Å². The van der Waals surface area contributed by atoms with Gasteiger partial charge in [0, 0.05) is 11.6 Å². The Morgan fingerprint density at radius 1 is 0.857 bits per heavy atom. The predicted molar refractivity (Wildman–Crippen MR) is 83.1 cm³/mol. The summed E-state index contributed by atoms with van der Waals surface area (Å²) in [6, 6.07) is 10.9. The van der Waals surface area contributed by atoms with Crippen molar-refractivity contribution in [1.82, 2.24) is 0 Å². The van der Waals surface area contributed by atoms with E-state index < -0.39 is 0 Å². The van der Waals surface area contributed by atoms with Crippen molar-refractivity contribution in [3.05, 3.63) is 47.5 Å². The summed E-state index contributed by atoms with van der Waals surface area (Å²) >= 11 is 0. The summed E-state index contributed by atoms with van der Waals surface area (Å²) in [5.74, 6) is 1.99. The average Bonchev–Trinajstić information content (AvgIpc) is 2.53. The van der Waals surface area contributed by atoms with Gasteiger partial charge in [-0.15, -0.1) is 0 Å². The van der Waals surface area contributed by atoms with E-state index in [-0.39, 0.29) is 5.75 Å². The zero-order valence-corrected chi connectivity index (χ0v) is 12.3. The molecule has 0 unspecified atom stereocenters. The molecule has 4 heteroatoms. The second kappa shape index (κ2) is 6.70. The van der Waals surface area contributed by atoms with E-state index in [0.29, 0.717) is 22.8 Å². The highest BCUT2D eigenvalue weighted by Gasteiger charge is 2.04. The van der Waals surface area contributed by atoms with Crippen LogP contribution < -0.4 is 14.2 Å². The minimum atomic E-state index is 0.117. The van der Waals surface area contributed by atoms with Crippen LogP contribution in [-0.2, 0) is 0 Å². The fourth-order valence-electron chi connectivity index (χ4n) is 1.95. The van der Waals surface area contributed by atoms with Crippen molar-refractivity contribution in [3.63, 3.8) is 0 Å². The molecule has 21 heavy (non-hydrogen) atoms. The molecule has 0 heterocycles. The highest BCUT2D eigenvalue weighted by Crippen LogP contribution is 2.31. The number of benzene rings is 2. The lowest BCUT2D eigenvalue weighted by Gasteiger charge is -2.07. The molecule has 0 aliphatic carbocycles. The van der Waals surface area contributed by atoms with Gasteiger partial charge in [0.2, 0.25) is 0 Å². The summed E-state index contributed by atoms with van der Waals surface area (Å²) in [5, 5.41) is 10.0. The van der Waals surface area contributed by atoms with Crippen LogP contribution in [0.2, 0.25) is 0 Å². The monoisotopic (exact) mass is 286 g/mol. The zero-order chi connectivity index (χ0) is 15.2. The lowest BCUT2D eigenvalue weighted by atomic mass is 10.1. The third-order valence-electron chi connectivity index (χ3n) is 3.08. The molecule has 110 valence electrons. The summed E-state index contributed by atoms with van der Waals surface area (Å²) in [6.45, 7) is 0. The highest BCUT2D eigenvalue weighted by atomic mass is 16.5. The molecule has 2 aromatic rings. The number of aromatic hydroxyl groups is 1. The first-order valence-corrected chi connectivity index (χ1v) is 6.45. The van der Waals surface area contributed by atoms with Crippen molar-refractivity contribution < 1.29 is 19.3 Å². The maximum atomic E-state index is 10.0. The molecule has 0 aromatic heterocycles. The van der Waals surface area contributed by atoms with Gasteiger partial charge in [-0.25, -0.2) is 0 Å². The highest BCUT2D eigenvalue weighted by molar-refractivity contribution is 5.74. The quantitative estimate of drug-likeness (QED) is 0.853. The Balaban J connectivity index is 2.33. The summed E-state index contributed by atoms with van der Waals surface area (Å²) in [7, 11) is 4.74. The van der Waals surface area contributed by atoms with E-state index in [9.17, 15) is 5.11 Å². The molecule has 0 bridgehead atoms. The first-order chi connectivity index (χ1) is 10.2. The van der Waals surface area contributed by atoms with E-state index in [1.54, 1.807) is 26.4 Å². The Morgan fingerprint density at radius 3 is 2.10 bits per heavy atom. The maximum Gasteiger partial charge on any atom is 0.165 e. The number of ether oxygens (including phenoxy) is 3. The molecule has 0 amide bonds. The SMILES string of the molecule is COc1cc(/C=C/c2cccc(OC)c2O)cc(OC)c1. The Bertz CT molecular complexity index is 625. The van der Waals surface area contributed by atoms with Crippen LogP contribution in [0.25, 0.3) is 12.2 Å². The summed E-state index contributed by atoms with van der Waals surface area (Å²) in [6.07, 6.45) is 3.69. The van der Waals surface area contributed by atoms with Gasteiger partial charge >= 0.3 is 0 Å². The van der Waals surface area contributed by atoms with Crippen LogP contribution in [0.4, 0.5) is 0 Å². The van der Waals surface area contributed by atoms with Crippen molar-refractivity contribution in [2.75, 3.05) is 21.3 Å². The van der Waals surface area contributed by atoms with Crippen LogP contribution >= 0.6 is 0 Å². The number of hydrogen-bond acceptors (Lipinski definition) is 4. The van der Waals surface area contributed by atoms with Crippen molar-refractivity contribution in [1.29, 1.82) is 0 Å². The largest absolute Gasteiger partial charge is 0.504 e. The number of hydrogen-bond donors (Lipinski definition) is 1. The van der Waals surface area contributed by atoms with Crippen molar-refractivity contribution in [3.8, 4) is 23.0 Å². The molecule has 0 saturated heterocycles. The van der Waals surface area contributed by atoms with Crippen LogP contribution in [0.15, 0.2) is 36.4 Å². The number of methoxy groups -OCH3 is 3. The van der Waals surface area contributed by atoms with E-state index in [1.807, 2.05) is 36.4 Å². The molecule has 1 N–H and O–H groups in total. The molecule has 4 nitrogen and oxygen atoms in total. The van der Waals surface area contributed by atoms with Gasteiger partial charge in [0.15, 0.2) is 11.5 Å². The minimum Gasteiger partial charge on any atom is -0.504 e. The molecular weight excluding hydrogens is 268 g/mol. The smallest absolute Gasteiger partial charge is 0.165 e. The van der Waals surface area contributed by atoms with Gasteiger partial charge in [-0.05, 0) is 23.8 Å². The normalized spacial score (nSPS) is 10.6. The fraction of sp³-hybridized carbons (Fsp3) is 0.176. The van der Waals surface area contributed by atoms with Gasteiger partial charge in [-0.3, -0.25) is 0 Å². The first kappa shape index (κ1) is 14.8. The molecule has 0 fully saturated rings. The lowest BCUT2D eigenvalue weighted by Crippen LogP contribution is -1.88. The fourth-order valence-corrected chi connectivity index (χ4v) is 1.95. The van der Waals surface area contributed by atoms with Crippen molar-refractivity contribution >= 4 is 12.2 Å². The molecule has 0 aliphatic rings. The topological polar surface area (TPSA) is 47.9 Å². The summed E-state index contributed by atoms with van der Waals surface area (Å²) in [4.78, 5) is 0. The summed E-state index contributed by atoms with van der Waals surface area (Å²) < 4.78 is 15.5. The molecule has 0 radical (unpaired) electrons. The number of rotatable bonds is 5. The van der Waals surface area contributed by atoms with Crippen LogP contribution in [0.3, 0.4) is 0 Å². The van der Waals surface area contributed by atoms with Crippen molar-refractivity contribution in [2.45, 2.75) is 0 Å². The standard InChI is InChI=1S/C17H18O4/c1-19-14-9-12(10-15(11-14)20-2)7-8-13-5-4-6-16(21-3)17(13)18/h4-11,18H,1-3H3/b8-7+. The Kier molecular flexibility index (Phi) is 4.72. The van der Waals surface area contributed by atoms with Gasteiger partial charge in [0.1, 0.15) is 11.5 Å². The molecule has 2 rings (SSSR count). The third-order valence-corrected chi connectivity index (χ3v) is 3.08. The van der Waals surface area contributed by atoms with Gasteiger partial charge in [-0.2, -0.15) is 0 Å². The Hall–Kier alpha value is -2.62. The van der Waals surface area contributed by atoms with Crippen LogP contribution in [0.1, 0.15) is 11.1 Å². The predicted octanol–water partition coefficient (Wildman–Crippen LogP) is 3.59. The molecule has 0 saturated carbocycles. The van der Waals surface area contributed by atoms with Gasteiger partial charge in [0.05, 0.1) is 21.3 Å². The number of para-hydroxylation sites is 1.